The Bertz CT molecular complexity index is 751. The van der Waals surface area contributed by atoms with Gasteiger partial charge in [0.15, 0.2) is 5.13 Å². The summed E-state index contributed by atoms with van der Waals surface area (Å²) in [6.45, 7) is 2.05. The highest BCUT2D eigenvalue weighted by Crippen LogP contribution is 2.17. The van der Waals surface area contributed by atoms with Crippen molar-refractivity contribution in [2.75, 3.05) is 11.9 Å². The molecule has 0 aliphatic carbocycles. The third-order valence-electron chi connectivity index (χ3n) is 2.77. The number of nitrogens with zero attached hydrogens (tertiary/aromatic N) is 2. The number of esters is 1. The molecule has 2 rings (SSSR count). The molecule has 22 heavy (non-hydrogen) atoms. The van der Waals surface area contributed by atoms with Crippen LogP contribution in [-0.2, 0) is 23.0 Å². The van der Waals surface area contributed by atoms with Gasteiger partial charge >= 0.3 is 5.97 Å². The lowest BCUT2D eigenvalue weighted by Crippen LogP contribution is -2.20. The van der Waals surface area contributed by atoms with Gasteiger partial charge in [-0.25, -0.2) is 4.98 Å². The van der Waals surface area contributed by atoms with Gasteiger partial charge in [-0.2, -0.15) is 0 Å². The first kappa shape index (κ1) is 15.9. The highest BCUT2D eigenvalue weighted by molar-refractivity contribution is 7.14. The molecular formula is C14H15N3O4S. The molecule has 0 fully saturated rings. The molecule has 1 N–H and O–H groups in total. The minimum atomic E-state index is -0.422. The fourth-order valence-corrected chi connectivity index (χ4v) is 2.37. The maximum Gasteiger partial charge on any atom is 0.311 e. The Morgan fingerprint density at radius 1 is 1.45 bits per heavy atom. The van der Waals surface area contributed by atoms with E-state index in [9.17, 15) is 14.4 Å². The maximum atomic E-state index is 12.0. The number of aromatic nitrogens is 2. The minimum absolute atomic E-state index is 0.0616. The van der Waals surface area contributed by atoms with Gasteiger partial charge in [0.25, 0.3) is 11.5 Å². The Kier molecular flexibility index (Phi) is 5.05. The Morgan fingerprint density at radius 2 is 2.23 bits per heavy atom. The van der Waals surface area contributed by atoms with Crippen molar-refractivity contribution < 1.29 is 14.3 Å². The van der Waals surface area contributed by atoms with Crippen LogP contribution in [0.25, 0.3) is 0 Å². The lowest BCUT2D eigenvalue weighted by atomic mass is 10.2. The van der Waals surface area contributed by atoms with Crippen LogP contribution in [-0.4, -0.2) is 28.0 Å². The van der Waals surface area contributed by atoms with E-state index in [-0.39, 0.29) is 23.5 Å². The Labute approximate surface area is 130 Å². The van der Waals surface area contributed by atoms with E-state index in [4.69, 9.17) is 4.74 Å². The summed E-state index contributed by atoms with van der Waals surface area (Å²) < 4.78 is 6.20. The number of nitrogens with one attached hydrogen (secondary N) is 1. The molecule has 0 aliphatic heterocycles. The Hall–Kier alpha value is -2.48. The maximum absolute atomic E-state index is 12.0. The Balaban J connectivity index is 2.03. The van der Waals surface area contributed by atoms with Crippen molar-refractivity contribution in [2.45, 2.75) is 13.3 Å². The SMILES string of the molecule is CCOC(=O)Cc1csc(NC(=O)c2ccn(C)c(=O)c2)n1. The minimum Gasteiger partial charge on any atom is -0.466 e. The molecule has 0 saturated carbocycles. The van der Waals surface area contributed by atoms with E-state index >= 15 is 0 Å². The summed E-state index contributed by atoms with van der Waals surface area (Å²) in [4.78, 5) is 39.0. The number of carbonyl (C=O) groups is 2. The van der Waals surface area contributed by atoms with Crippen LogP contribution in [0.15, 0.2) is 28.5 Å². The fourth-order valence-electron chi connectivity index (χ4n) is 1.66. The number of aryl methyl sites for hydroxylation is 1. The smallest absolute Gasteiger partial charge is 0.311 e. The van der Waals surface area contributed by atoms with Gasteiger partial charge in [0.05, 0.1) is 18.7 Å². The lowest BCUT2D eigenvalue weighted by molar-refractivity contribution is -0.142. The molecule has 0 spiro atoms. The average Bonchev–Trinajstić information content (AvgIpc) is 2.89. The normalized spacial score (nSPS) is 10.3. The van der Waals surface area contributed by atoms with Crippen molar-refractivity contribution in [2.24, 2.45) is 7.05 Å². The van der Waals surface area contributed by atoms with Crippen LogP contribution in [0, 0.1) is 0 Å². The van der Waals surface area contributed by atoms with Gasteiger partial charge in [0, 0.05) is 30.3 Å². The number of rotatable bonds is 5. The molecule has 2 aromatic rings. The lowest BCUT2D eigenvalue weighted by Gasteiger charge is -2.02. The standard InChI is InChI=1S/C14H15N3O4S/c1-3-21-12(19)7-10-8-22-14(15-10)16-13(20)9-4-5-17(2)11(18)6-9/h4-6,8H,3,7H2,1-2H3,(H,15,16,20). The summed E-state index contributed by atoms with van der Waals surface area (Å²) >= 11 is 1.21. The molecule has 0 aromatic carbocycles. The molecule has 0 bridgehead atoms. The van der Waals surface area contributed by atoms with Gasteiger partial charge in [-0.3, -0.25) is 19.7 Å². The number of hydrogen-bond acceptors (Lipinski definition) is 6. The van der Waals surface area contributed by atoms with Crippen LogP contribution >= 0.6 is 11.3 Å². The Morgan fingerprint density at radius 3 is 2.91 bits per heavy atom. The van der Waals surface area contributed by atoms with Gasteiger partial charge in [0.2, 0.25) is 0 Å². The van der Waals surface area contributed by atoms with Crippen molar-refractivity contribution in [3.8, 4) is 0 Å². The summed E-state index contributed by atoms with van der Waals surface area (Å²) in [5, 5.41) is 4.64. The van der Waals surface area contributed by atoms with Crippen LogP contribution in [0.4, 0.5) is 5.13 Å². The third-order valence-corrected chi connectivity index (χ3v) is 3.58. The van der Waals surface area contributed by atoms with Crippen molar-refractivity contribution in [1.82, 2.24) is 9.55 Å². The van der Waals surface area contributed by atoms with Crippen molar-refractivity contribution >= 4 is 28.3 Å². The molecule has 0 radical (unpaired) electrons. The zero-order valence-electron chi connectivity index (χ0n) is 12.2. The van der Waals surface area contributed by atoms with E-state index in [0.29, 0.717) is 17.4 Å². The van der Waals surface area contributed by atoms with Gasteiger partial charge in [0.1, 0.15) is 0 Å². The summed E-state index contributed by atoms with van der Waals surface area (Å²) in [6, 6.07) is 2.80. The highest BCUT2D eigenvalue weighted by Gasteiger charge is 2.12. The number of pyridine rings is 1. The van der Waals surface area contributed by atoms with Gasteiger partial charge in [-0.1, -0.05) is 0 Å². The second-order valence-corrected chi connectivity index (χ2v) is 5.30. The fraction of sp³-hybridized carbons (Fsp3) is 0.286. The summed E-state index contributed by atoms with van der Waals surface area (Å²) in [6.07, 6.45) is 1.58. The summed E-state index contributed by atoms with van der Waals surface area (Å²) in [7, 11) is 1.60. The van der Waals surface area contributed by atoms with Gasteiger partial charge in [-0.05, 0) is 13.0 Å². The number of ether oxygens (including phenoxy) is 1. The molecule has 1 amide bonds. The zero-order chi connectivity index (χ0) is 16.1. The molecule has 2 aromatic heterocycles. The van der Waals surface area contributed by atoms with Crippen LogP contribution < -0.4 is 10.9 Å². The zero-order valence-corrected chi connectivity index (χ0v) is 13.0. The van der Waals surface area contributed by atoms with E-state index in [1.165, 1.54) is 28.2 Å². The molecular weight excluding hydrogens is 306 g/mol. The van der Waals surface area contributed by atoms with Crippen LogP contribution in [0.5, 0.6) is 0 Å². The van der Waals surface area contributed by atoms with Crippen LogP contribution in [0.1, 0.15) is 23.0 Å². The monoisotopic (exact) mass is 321 g/mol. The van der Waals surface area contributed by atoms with Crippen molar-refractivity contribution in [1.29, 1.82) is 0 Å². The number of thiazole rings is 1. The van der Waals surface area contributed by atoms with Crippen LogP contribution in [0.2, 0.25) is 0 Å². The quantitative estimate of drug-likeness (QED) is 0.836. The first-order valence-corrected chi connectivity index (χ1v) is 7.45. The van der Waals surface area contributed by atoms with Crippen molar-refractivity contribution in [3.05, 3.63) is 45.3 Å². The first-order valence-electron chi connectivity index (χ1n) is 6.57. The molecule has 0 saturated heterocycles. The molecule has 0 unspecified atom stereocenters. The van der Waals surface area contributed by atoms with E-state index in [1.807, 2.05) is 0 Å². The number of carbonyl (C=O) groups excluding carboxylic acids is 2. The van der Waals surface area contributed by atoms with E-state index < -0.39 is 5.91 Å². The van der Waals surface area contributed by atoms with Gasteiger partial charge in [-0.15, -0.1) is 11.3 Å². The first-order chi connectivity index (χ1) is 10.5. The highest BCUT2D eigenvalue weighted by atomic mass is 32.1. The largest absolute Gasteiger partial charge is 0.466 e. The van der Waals surface area contributed by atoms with E-state index in [1.54, 1.807) is 25.4 Å². The topological polar surface area (TPSA) is 90.3 Å². The number of hydrogen-bond donors (Lipinski definition) is 1. The molecule has 7 nitrogen and oxygen atoms in total. The van der Waals surface area contributed by atoms with E-state index in [0.717, 1.165) is 0 Å². The number of amides is 1. The summed E-state index contributed by atoms with van der Waals surface area (Å²) in [5.41, 5.74) is 0.516. The molecule has 116 valence electrons. The van der Waals surface area contributed by atoms with Gasteiger partial charge < -0.3 is 9.30 Å². The second-order valence-electron chi connectivity index (χ2n) is 4.44. The van der Waals surface area contributed by atoms with Crippen LogP contribution in [0.3, 0.4) is 0 Å². The molecule has 0 aliphatic rings. The third kappa shape index (κ3) is 4.01. The molecule has 0 atom stereocenters. The molecule has 8 heteroatoms. The summed E-state index contributed by atoms with van der Waals surface area (Å²) in [5.74, 6) is -0.785. The predicted molar refractivity (Wildman–Crippen MR) is 82.1 cm³/mol. The number of anilines is 1. The van der Waals surface area contributed by atoms with E-state index in [2.05, 4.69) is 10.3 Å². The average molecular weight is 321 g/mol. The molecule has 2 heterocycles. The second kappa shape index (κ2) is 6.99. The van der Waals surface area contributed by atoms with Crippen molar-refractivity contribution in [3.63, 3.8) is 0 Å². The predicted octanol–water partition coefficient (Wildman–Crippen LogP) is 1.20.